The van der Waals surface area contributed by atoms with Crippen LogP contribution in [0.1, 0.15) is 5.56 Å². The van der Waals surface area contributed by atoms with Crippen molar-refractivity contribution in [3.05, 3.63) is 65.5 Å². The number of halogens is 2. The largest absolute Gasteiger partial charge is 0.494 e. The molecule has 0 saturated carbocycles. The van der Waals surface area contributed by atoms with Gasteiger partial charge in [-0.1, -0.05) is 12.2 Å². The van der Waals surface area contributed by atoms with E-state index in [0.717, 1.165) is 11.6 Å². The number of carbonyl (C=O) groups excluding carboxylic acids is 1. The molecule has 1 unspecified atom stereocenters. The number of fused-ring (bicyclic) bond motifs is 1. The van der Waals surface area contributed by atoms with Crippen molar-refractivity contribution < 1.29 is 18.3 Å². The Balaban J connectivity index is 1.69. The zero-order chi connectivity index (χ0) is 19.0. The van der Waals surface area contributed by atoms with Gasteiger partial charge in [0.2, 0.25) is 5.95 Å². The van der Waals surface area contributed by atoms with Crippen LogP contribution in [0.25, 0.3) is 5.57 Å². The molecule has 1 fully saturated rings. The van der Waals surface area contributed by atoms with Crippen LogP contribution >= 0.6 is 0 Å². The van der Waals surface area contributed by atoms with Gasteiger partial charge in [0.05, 0.1) is 25.1 Å². The lowest BCUT2D eigenvalue weighted by Gasteiger charge is -2.36. The van der Waals surface area contributed by atoms with Gasteiger partial charge in [-0.2, -0.15) is 0 Å². The smallest absolute Gasteiger partial charge is 0.240 e. The first kappa shape index (κ1) is 17.3. The number of ether oxygens (including phenoxy) is 1. The molecular weight excluding hydrogens is 354 g/mol. The van der Waals surface area contributed by atoms with Crippen LogP contribution in [0.5, 0.6) is 5.75 Å². The van der Waals surface area contributed by atoms with E-state index in [4.69, 9.17) is 4.74 Å². The Morgan fingerprint density at radius 3 is 2.74 bits per heavy atom. The summed E-state index contributed by atoms with van der Waals surface area (Å²) in [5, 5.41) is 1.74. The topological polar surface area (TPSA) is 67.3 Å². The summed E-state index contributed by atoms with van der Waals surface area (Å²) in [5.74, 6) is -2.13. The van der Waals surface area contributed by atoms with E-state index in [1.807, 2.05) is 0 Å². The van der Waals surface area contributed by atoms with Crippen LogP contribution in [-0.4, -0.2) is 36.0 Å². The number of hydrogen-bond donors (Lipinski definition) is 1. The van der Waals surface area contributed by atoms with Crippen molar-refractivity contribution >= 4 is 17.3 Å². The highest BCUT2D eigenvalue weighted by Gasteiger charge is 2.36. The molecule has 1 N–H and O–H groups in total. The number of hydrogen-bond acceptors (Lipinski definition) is 6. The third-order valence-electron chi connectivity index (χ3n) is 4.66. The molecule has 6 nitrogen and oxygen atoms in total. The molecule has 1 aliphatic carbocycles. The van der Waals surface area contributed by atoms with Crippen molar-refractivity contribution in [2.24, 2.45) is 5.92 Å². The van der Waals surface area contributed by atoms with E-state index in [2.05, 4.69) is 15.4 Å². The van der Waals surface area contributed by atoms with E-state index in [9.17, 15) is 13.6 Å². The molecule has 0 bridgehead atoms. The van der Waals surface area contributed by atoms with Gasteiger partial charge >= 0.3 is 0 Å². The summed E-state index contributed by atoms with van der Waals surface area (Å²) in [4.78, 5) is 21.3. The van der Waals surface area contributed by atoms with Crippen molar-refractivity contribution in [2.45, 2.75) is 0 Å². The van der Waals surface area contributed by atoms with Gasteiger partial charge in [0.15, 0.2) is 17.3 Å². The molecule has 2 aliphatic rings. The maximum atomic E-state index is 14.6. The Labute approximate surface area is 154 Å². The summed E-state index contributed by atoms with van der Waals surface area (Å²) in [7, 11) is 1.29. The van der Waals surface area contributed by atoms with Crippen LogP contribution in [0.15, 0.2) is 48.3 Å². The molecule has 27 heavy (non-hydrogen) atoms. The minimum atomic E-state index is -0.878. The van der Waals surface area contributed by atoms with Gasteiger partial charge in [-0.25, -0.2) is 24.2 Å². The van der Waals surface area contributed by atoms with Crippen molar-refractivity contribution in [1.82, 2.24) is 15.4 Å². The van der Waals surface area contributed by atoms with Gasteiger partial charge in [0, 0.05) is 24.5 Å². The van der Waals surface area contributed by atoms with Crippen LogP contribution in [0, 0.1) is 17.6 Å². The van der Waals surface area contributed by atoms with E-state index < -0.39 is 17.6 Å². The van der Waals surface area contributed by atoms with Crippen LogP contribution in [0.3, 0.4) is 0 Å². The first-order chi connectivity index (χ1) is 13.1. The minimum Gasteiger partial charge on any atom is -0.494 e. The maximum absolute atomic E-state index is 14.6. The standard InChI is InChI=1S/C19H16F2N4O2/c1-27-15-6-5-14(20)16(17(15)21)12-4-3-11-10-25(19-22-7-2-8-23-19)24-9-13(11)18(12)26/h2-8,13,24H,9-10H2,1H3. The molecule has 8 heteroatoms. The van der Waals surface area contributed by atoms with Gasteiger partial charge in [-0.3, -0.25) is 9.80 Å². The summed E-state index contributed by atoms with van der Waals surface area (Å²) < 4.78 is 33.8. The van der Waals surface area contributed by atoms with E-state index in [1.54, 1.807) is 29.5 Å². The number of carbonyl (C=O) groups is 1. The van der Waals surface area contributed by atoms with Crippen molar-refractivity contribution in [3.63, 3.8) is 0 Å². The summed E-state index contributed by atoms with van der Waals surface area (Å²) in [6.07, 6.45) is 6.45. The first-order valence-electron chi connectivity index (χ1n) is 8.35. The highest BCUT2D eigenvalue weighted by atomic mass is 19.1. The van der Waals surface area contributed by atoms with Gasteiger partial charge in [0.1, 0.15) is 5.82 Å². The zero-order valence-electron chi connectivity index (χ0n) is 14.4. The van der Waals surface area contributed by atoms with Crippen molar-refractivity contribution in [1.29, 1.82) is 0 Å². The number of allylic oxidation sites excluding steroid dienone is 3. The van der Waals surface area contributed by atoms with E-state index in [-0.39, 0.29) is 29.2 Å². The molecule has 0 amide bonds. The fraction of sp³-hybridized carbons (Fsp3) is 0.211. The molecule has 2 aromatic rings. The molecular formula is C19H16F2N4O2. The van der Waals surface area contributed by atoms with E-state index in [1.165, 1.54) is 19.3 Å². The number of aromatic nitrogens is 2. The molecule has 0 radical (unpaired) electrons. The van der Waals surface area contributed by atoms with Crippen molar-refractivity contribution in [2.75, 3.05) is 25.2 Å². The number of Topliss-reactive ketones (excluding diaryl/α,β-unsaturated/α-hetero) is 1. The summed E-state index contributed by atoms with van der Waals surface area (Å²) in [6, 6.07) is 4.01. The van der Waals surface area contributed by atoms with E-state index in [0.29, 0.717) is 12.5 Å². The molecule has 4 rings (SSSR count). The number of ketones is 1. The quantitative estimate of drug-likeness (QED) is 0.894. The molecule has 1 aromatic heterocycles. The molecule has 1 aliphatic heterocycles. The second kappa shape index (κ2) is 6.88. The van der Waals surface area contributed by atoms with Crippen molar-refractivity contribution in [3.8, 4) is 5.75 Å². The number of hydrazine groups is 1. The predicted molar refractivity (Wildman–Crippen MR) is 94.8 cm³/mol. The van der Waals surface area contributed by atoms with Crippen LogP contribution < -0.4 is 15.2 Å². The lowest BCUT2D eigenvalue weighted by atomic mass is 9.82. The number of benzene rings is 1. The van der Waals surface area contributed by atoms with Crippen LogP contribution in [0.2, 0.25) is 0 Å². The summed E-state index contributed by atoms with van der Waals surface area (Å²) in [5.41, 5.74) is 3.57. The highest BCUT2D eigenvalue weighted by Crippen LogP contribution is 2.35. The van der Waals surface area contributed by atoms with Gasteiger partial charge in [0.25, 0.3) is 0 Å². The zero-order valence-corrected chi connectivity index (χ0v) is 14.4. The minimum absolute atomic E-state index is 0.00358. The maximum Gasteiger partial charge on any atom is 0.240 e. The second-order valence-corrected chi connectivity index (χ2v) is 6.17. The lowest BCUT2D eigenvalue weighted by molar-refractivity contribution is -0.116. The Morgan fingerprint density at radius 1 is 1.22 bits per heavy atom. The van der Waals surface area contributed by atoms with E-state index >= 15 is 0 Å². The number of methoxy groups -OCH3 is 1. The second-order valence-electron chi connectivity index (χ2n) is 6.17. The van der Waals surface area contributed by atoms with Gasteiger partial charge in [-0.05, 0) is 23.8 Å². The van der Waals surface area contributed by atoms with Crippen LogP contribution in [0.4, 0.5) is 14.7 Å². The molecule has 0 spiro atoms. The molecule has 1 aromatic carbocycles. The molecule has 1 atom stereocenters. The summed E-state index contributed by atoms with van der Waals surface area (Å²) >= 11 is 0. The average molecular weight is 370 g/mol. The number of nitrogens with one attached hydrogen (secondary N) is 1. The monoisotopic (exact) mass is 370 g/mol. The average Bonchev–Trinajstić information content (AvgIpc) is 2.70. The molecule has 2 heterocycles. The Kier molecular flexibility index (Phi) is 4.41. The number of nitrogens with zero attached hydrogens (tertiary/aromatic N) is 3. The fourth-order valence-corrected chi connectivity index (χ4v) is 3.29. The summed E-state index contributed by atoms with van der Waals surface area (Å²) in [6.45, 7) is 0.681. The SMILES string of the molecule is COc1ccc(F)c(C2=CC=C3CN(c4ncccn4)NCC3C2=O)c1F. The fourth-order valence-electron chi connectivity index (χ4n) is 3.29. The highest BCUT2D eigenvalue weighted by molar-refractivity contribution is 6.24. The van der Waals surface area contributed by atoms with Crippen LogP contribution in [-0.2, 0) is 4.79 Å². The normalized spacial score (nSPS) is 19.3. The van der Waals surface area contributed by atoms with Gasteiger partial charge in [-0.15, -0.1) is 0 Å². The van der Waals surface area contributed by atoms with Gasteiger partial charge < -0.3 is 4.74 Å². The Hall–Kier alpha value is -3.13. The molecule has 138 valence electrons. The Morgan fingerprint density at radius 2 is 2.00 bits per heavy atom. The Bertz CT molecular complexity index is 960. The predicted octanol–water partition coefficient (Wildman–Crippen LogP) is 2.30. The third kappa shape index (κ3) is 2.97. The lowest BCUT2D eigenvalue weighted by Crippen LogP contribution is -2.51. The third-order valence-corrected chi connectivity index (χ3v) is 4.66. The first-order valence-corrected chi connectivity index (χ1v) is 8.35. The molecule has 1 saturated heterocycles. The number of rotatable bonds is 3. The number of anilines is 1.